The van der Waals surface area contributed by atoms with Crippen molar-refractivity contribution in [2.75, 3.05) is 5.32 Å². The molecule has 0 aliphatic rings. The van der Waals surface area contributed by atoms with Gasteiger partial charge in [-0.25, -0.2) is 0 Å². The number of ether oxygens (including phenoxy) is 1. The number of rotatable bonds is 6. The molecule has 0 aromatic heterocycles. The third-order valence-electron chi connectivity index (χ3n) is 4.38. The van der Waals surface area contributed by atoms with Gasteiger partial charge < -0.3 is 10.1 Å². The zero-order valence-corrected chi connectivity index (χ0v) is 17.1. The smallest absolute Gasteiger partial charge is 0.134 e. The Morgan fingerprint density at radius 3 is 2.19 bits per heavy atom. The molecule has 0 saturated carbocycles. The fraction of sp³-hybridized carbons (Fsp3) is 0.217. The van der Waals surface area contributed by atoms with E-state index in [4.69, 9.17) is 4.74 Å². The van der Waals surface area contributed by atoms with Gasteiger partial charge in [0.05, 0.1) is 4.47 Å². The molecule has 3 heteroatoms. The van der Waals surface area contributed by atoms with Gasteiger partial charge in [-0.3, -0.25) is 0 Å². The lowest BCUT2D eigenvalue weighted by atomic mass is 10.1. The summed E-state index contributed by atoms with van der Waals surface area (Å²) in [6.07, 6.45) is 0. The molecule has 0 spiro atoms. The van der Waals surface area contributed by atoms with Crippen LogP contribution >= 0.6 is 15.9 Å². The standard InChI is InChI=1S/C23H24BrNO/c1-16-4-7-19(8-5-16)15-26-23-11-9-20(13-21(23)24)14-25-22-10-6-17(2)12-18(22)3/h4-13,25H,14-15H2,1-3H3. The van der Waals surface area contributed by atoms with E-state index in [1.165, 1.54) is 33.5 Å². The Balaban J connectivity index is 1.60. The zero-order chi connectivity index (χ0) is 18.5. The minimum absolute atomic E-state index is 0.568. The first kappa shape index (κ1) is 18.5. The predicted octanol–water partition coefficient (Wildman–Crippen LogP) is 6.57. The van der Waals surface area contributed by atoms with E-state index in [0.717, 1.165) is 16.8 Å². The van der Waals surface area contributed by atoms with Crippen LogP contribution in [0.1, 0.15) is 27.8 Å². The predicted molar refractivity (Wildman–Crippen MR) is 113 cm³/mol. The number of anilines is 1. The lowest BCUT2D eigenvalue weighted by Gasteiger charge is -2.13. The highest BCUT2D eigenvalue weighted by atomic mass is 79.9. The Morgan fingerprint density at radius 2 is 1.50 bits per heavy atom. The van der Waals surface area contributed by atoms with Crippen LogP contribution in [-0.2, 0) is 13.2 Å². The van der Waals surface area contributed by atoms with Gasteiger partial charge in [-0.15, -0.1) is 0 Å². The average molecular weight is 410 g/mol. The lowest BCUT2D eigenvalue weighted by Crippen LogP contribution is -2.02. The second kappa shape index (κ2) is 8.41. The number of benzene rings is 3. The maximum atomic E-state index is 5.95. The molecule has 0 radical (unpaired) electrons. The molecule has 134 valence electrons. The third-order valence-corrected chi connectivity index (χ3v) is 5.00. The molecule has 0 unspecified atom stereocenters. The largest absolute Gasteiger partial charge is 0.488 e. The molecule has 3 aromatic rings. The number of hydrogen-bond acceptors (Lipinski definition) is 2. The summed E-state index contributed by atoms with van der Waals surface area (Å²) in [6, 6.07) is 21.1. The molecular formula is C23H24BrNO. The van der Waals surface area contributed by atoms with Crippen LogP contribution in [0, 0.1) is 20.8 Å². The minimum atomic E-state index is 0.568. The van der Waals surface area contributed by atoms with E-state index in [0.29, 0.717) is 6.61 Å². The van der Waals surface area contributed by atoms with Gasteiger partial charge in [-0.2, -0.15) is 0 Å². The molecule has 0 bridgehead atoms. The van der Waals surface area contributed by atoms with Gasteiger partial charge in [0.15, 0.2) is 0 Å². The second-order valence-corrected chi connectivity index (χ2v) is 7.57. The number of aryl methyl sites for hydroxylation is 3. The van der Waals surface area contributed by atoms with Gasteiger partial charge in [0.25, 0.3) is 0 Å². The Bertz CT molecular complexity index is 887. The van der Waals surface area contributed by atoms with Crippen molar-refractivity contribution in [1.29, 1.82) is 0 Å². The van der Waals surface area contributed by atoms with Crippen LogP contribution in [0.2, 0.25) is 0 Å². The van der Waals surface area contributed by atoms with Crippen molar-refractivity contribution < 1.29 is 4.74 Å². The fourth-order valence-corrected chi connectivity index (χ4v) is 3.37. The first-order chi connectivity index (χ1) is 12.5. The van der Waals surface area contributed by atoms with Crippen LogP contribution in [0.15, 0.2) is 65.1 Å². The lowest BCUT2D eigenvalue weighted by molar-refractivity contribution is 0.304. The Hall–Kier alpha value is -2.26. The summed E-state index contributed by atoms with van der Waals surface area (Å²) in [5.41, 5.74) is 7.36. The van der Waals surface area contributed by atoms with Gasteiger partial charge in [-0.1, -0.05) is 53.6 Å². The van der Waals surface area contributed by atoms with Gasteiger partial charge in [-0.05, 0) is 71.6 Å². The zero-order valence-electron chi connectivity index (χ0n) is 15.5. The molecule has 0 amide bonds. The van der Waals surface area contributed by atoms with Crippen molar-refractivity contribution in [1.82, 2.24) is 0 Å². The van der Waals surface area contributed by atoms with E-state index in [9.17, 15) is 0 Å². The van der Waals surface area contributed by atoms with E-state index in [1.807, 2.05) is 6.07 Å². The molecule has 0 saturated heterocycles. The Kier molecular flexibility index (Phi) is 6.00. The summed E-state index contributed by atoms with van der Waals surface area (Å²) in [6.45, 7) is 7.68. The van der Waals surface area contributed by atoms with Gasteiger partial charge in [0.2, 0.25) is 0 Å². The highest BCUT2D eigenvalue weighted by molar-refractivity contribution is 9.10. The number of nitrogens with one attached hydrogen (secondary N) is 1. The van der Waals surface area contributed by atoms with E-state index in [-0.39, 0.29) is 0 Å². The highest BCUT2D eigenvalue weighted by Crippen LogP contribution is 2.27. The van der Waals surface area contributed by atoms with Crippen molar-refractivity contribution in [3.8, 4) is 5.75 Å². The van der Waals surface area contributed by atoms with Gasteiger partial charge in [0.1, 0.15) is 12.4 Å². The first-order valence-electron chi connectivity index (χ1n) is 8.79. The van der Waals surface area contributed by atoms with Crippen molar-refractivity contribution in [3.05, 3.63) is 93.0 Å². The van der Waals surface area contributed by atoms with Crippen LogP contribution in [0.5, 0.6) is 5.75 Å². The van der Waals surface area contributed by atoms with E-state index in [2.05, 4.69) is 96.6 Å². The maximum Gasteiger partial charge on any atom is 0.134 e. The van der Waals surface area contributed by atoms with Crippen LogP contribution in [0.25, 0.3) is 0 Å². The Morgan fingerprint density at radius 1 is 0.808 bits per heavy atom. The summed E-state index contributed by atoms with van der Waals surface area (Å²) in [7, 11) is 0. The molecule has 0 aliphatic heterocycles. The topological polar surface area (TPSA) is 21.3 Å². The van der Waals surface area contributed by atoms with Crippen molar-refractivity contribution >= 4 is 21.6 Å². The average Bonchev–Trinajstić information content (AvgIpc) is 2.61. The number of halogens is 1. The van der Waals surface area contributed by atoms with Gasteiger partial charge >= 0.3 is 0 Å². The number of hydrogen-bond donors (Lipinski definition) is 1. The van der Waals surface area contributed by atoms with Crippen LogP contribution in [0.4, 0.5) is 5.69 Å². The van der Waals surface area contributed by atoms with Crippen LogP contribution in [-0.4, -0.2) is 0 Å². The minimum Gasteiger partial charge on any atom is -0.488 e. The molecule has 0 aliphatic carbocycles. The van der Waals surface area contributed by atoms with Crippen molar-refractivity contribution in [2.24, 2.45) is 0 Å². The Labute approximate surface area is 164 Å². The molecule has 0 atom stereocenters. The SMILES string of the molecule is Cc1ccc(COc2ccc(CNc3ccc(C)cc3C)cc2Br)cc1. The summed E-state index contributed by atoms with van der Waals surface area (Å²) in [5, 5.41) is 3.50. The molecule has 0 heterocycles. The van der Waals surface area contributed by atoms with Crippen LogP contribution in [0.3, 0.4) is 0 Å². The normalized spacial score (nSPS) is 10.6. The molecule has 3 rings (SSSR count). The molecule has 3 aromatic carbocycles. The molecular weight excluding hydrogens is 386 g/mol. The summed E-state index contributed by atoms with van der Waals surface area (Å²) >= 11 is 3.63. The molecule has 26 heavy (non-hydrogen) atoms. The second-order valence-electron chi connectivity index (χ2n) is 6.71. The summed E-state index contributed by atoms with van der Waals surface area (Å²) in [5.74, 6) is 0.862. The first-order valence-corrected chi connectivity index (χ1v) is 9.58. The van der Waals surface area contributed by atoms with Crippen LogP contribution < -0.4 is 10.1 Å². The maximum absolute atomic E-state index is 5.95. The third kappa shape index (κ3) is 4.89. The quantitative estimate of drug-likeness (QED) is 0.497. The summed E-state index contributed by atoms with van der Waals surface area (Å²) < 4.78 is 6.92. The van der Waals surface area contributed by atoms with Crippen molar-refractivity contribution in [3.63, 3.8) is 0 Å². The monoisotopic (exact) mass is 409 g/mol. The van der Waals surface area contributed by atoms with E-state index < -0.39 is 0 Å². The molecule has 1 N–H and O–H groups in total. The van der Waals surface area contributed by atoms with Gasteiger partial charge in [0, 0.05) is 12.2 Å². The highest BCUT2D eigenvalue weighted by Gasteiger charge is 2.05. The summed E-state index contributed by atoms with van der Waals surface area (Å²) in [4.78, 5) is 0. The van der Waals surface area contributed by atoms with E-state index in [1.54, 1.807) is 0 Å². The molecule has 0 fully saturated rings. The fourth-order valence-electron chi connectivity index (χ4n) is 2.83. The molecule has 2 nitrogen and oxygen atoms in total. The van der Waals surface area contributed by atoms with Crippen molar-refractivity contribution in [2.45, 2.75) is 33.9 Å². The van der Waals surface area contributed by atoms with E-state index >= 15 is 0 Å².